The van der Waals surface area contributed by atoms with E-state index in [1.165, 1.54) is 12.0 Å². The zero-order valence-corrected chi connectivity index (χ0v) is 16.8. The molecule has 2 aliphatic rings. The topological polar surface area (TPSA) is 67.1 Å². The predicted octanol–water partition coefficient (Wildman–Crippen LogP) is 2.01. The van der Waals surface area contributed by atoms with Crippen LogP contribution in [0, 0.1) is 5.92 Å². The van der Waals surface area contributed by atoms with Gasteiger partial charge in [-0.3, -0.25) is 4.99 Å². The molecule has 3 unspecified atom stereocenters. The van der Waals surface area contributed by atoms with Crippen LogP contribution in [-0.4, -0.2) is 39.9 Å². The van der Waals surface area contributed by atoms with Gasteiger partial charge in [-0.25, -0.2) is 9.67 Å². The number of halogens is 1. The molecule has 3 atom stereocenters. The van der Waals surface area contributed by atoms with Gasteiger partial charge in [-0.2, -0.15) is 5.10 Å². The van der Waals surface area contributed by atoms with Gasteiger partial charge in [0.05, 0.1) is 6.54 Å². The van der Waals surface area contributed by atoms with Crippen LogP contribution < -0.4 is 10.6 Å². The molecule has 25 heavy (non-hydrogen) atoms. The summed E-state index contributed by atoms with van der Waals surface area (Å²) in [5.41, 5.74) is 1.42. The van der Waals surface area contributed by atoms with Gasteiger partial charge in [-0.1, -0.05) is 30.3 Å². The Hall–Kier alpha value is -1.64. The Morgan fingerprint density at radius 2 is 2.12 bits per heavy atom. The Balaban J connectivity index is 0.00000182. The summed E-state index contributed by atoms with van der Waals surface area (Å²) < 4.78 is 1.99. The highest BCUT2D eigenvalue weighted by Crippen LogP contribution is 2.33. The van der Waals surface area contributed by atoms with E-state index in [4.69, 9.17) is 0 Å². The second-order valence-corrected chi connectivity index (χ2v) is 6.75. The van der Waals surface area contributed by atoms with E-state index < -0.39 is 0 Å². The van der Waals surface area contributed by atoms with Gasteiger partial charge < -0.3 is 10.6 Å². The van der Waals surface area contributed by atoms with Crippen molar-refractivity contribution in [1.82, 2.24) is 25.4 Å². The molecule has 4 rings (SSSR count). The minimum absolute atomic E-state index is 0. The maximum atomic E-state index is 4.40. The van der Waals surface area contributed by atoms with Crippen LogP contribution >= 0.6 is 24.0 Å². The first-order valence-electron chi connectivity index (χ1n) is 8.72. The average molecular weight is 452 g/mol. The van der Waals surface area contributed by atoms with Crippen molar-refractivity contribution in [1.29, 1.82) is 0 Å². The number of aromatic nitrogens is 3. The minimum atomic E-state index is 0. The highest BCUT2D eigenvalue weighted by Gasteiger charge is 2.37. The third-order valence-corrected chi connectivity index (χ3v) is 4.96. The number of aryl methyl sites for hydroxylation is 1. The third-order valence-electron chi connectivity index (χ3n) is 4.96. The Kier molecular flexibility index (Phi) is 5.93. The summed E-state index contributed by atoms with van der Waals surface area (Å²) in [7, 11) is 1.84. The first-order valence-corrected chi connectivity index (χ1v) is 8.72. The van der Waals surface area contributed by atoms with Gasteiger partial charge in [0.15, 0.2) is 5.96 Å². The van der Waals surface area contributed by atoms with E-state index >= 15 is 0 Å². The largest absolute Gasteiger partial charge is 0.353 e. The molecule has 0 amide bonds. The lowest BCUT2D eigenvalue weighted by Gasteiger charge is -2.25. The van der Waals surface area contributed by atoms with Crippen LogP contribution in [-0.2, 0) is 19.4 Å². The first kappa shape index (κ1) is 18.2. The second-order valence-electron chi connectivity index (χ2n) is 6.75. The number of aliphatic imine (C=N–C) groups is 1. The van der Waals surface area contributed by atoms with Gasteiger partial charge in [-0.05, 0) is 30.7 Å². The summed E-state index contributed by atoms with van der Waals surface area (Å²) in [6, 6.07) is 11.6. The van der Waals surface area contributed by atoms with Crippen LogP contribution in [0.2, 0.25) is 0 Å². The molecule has 6 nitrogen and oxygen atoms in total. The lowest BCUT2D eigenvalue weighted by molar-refractivity contribution is 0.392. The zero-order valence-electron chi connectivity index (χ0n) is 14.4. The molecule has 0 saturated heterocycles. The molecule has 1 fully saturated rings. The number of hydrogen-bond donors (Lipinski definition) is 2. The molecule has 1 aliphatic heterocycles. The molecule has 0 bridgehead atoms. The lowest BCUT2D eigenvalue weighted by Crippen LogP contribution is -2.48. The second kappa shape index (κ2) is 8.16. The quantitative estimate of drug-likeness (QED) is 0.423. The number of fused-ring (bicyclic) bond motifs is 1. The van der Waals surface area contributed by atoms with Crippen molar-refractivity contribution in [2.45, 2.75) is 44.3 Å². The smallest absolute Gasteiger partial charge is 0.191 e. The molecule has 7 heteroatoms. The molecule has 0 spiro atoms. The van der Waals surface area contributed by atoms with Crippen LogP contribution in [0.1, 0.15) is 24.2 Å². The summed E-state index contributed by atoms with van der Waals surface area (Å²) in [5, 5.41) is 11.4. The van der Waals surface area contributed by atoms with E-state index in [1.807, 2.05) is 11.7 Å². The summed E-state index contributed by atoms with van der Waals surface area (Å²) in [4.78, 5) is 8.67. The SMILES string of the molecule is CN=C(NC1CCc2ncnn2C1)NC1CC1Cc1ccccc1.I. The third kappa shape index (κ3) is 4.50. The van der Waals surface area contributed by atoms with Crippen molar-refractivity contribution < 1.29 is 0 Å². The normalized spacial score (nSPS) is 24.8. The molecule has 2 aromatic rings. The number of rotatable bonds is 4. The molecule has 0 radical (unpaired) electrons. The van der Waals surface area contributed by atoms with Gasteiger partial charge in [0, 0.05) is 25.6 Å². The van der Waals surface area contributed by atoms with Crippen LogP contribution in [0.3, 0.4) is 0 Å². The van der Waals surface area contributed by atoms with Crippen molar-refractivity contribution in [2.24, 2.45) is 10.9 Å². The maximum absolute atomic E-state index is 4.40. The molecular formula is C18H25IN6. The van der Waals surface area contributed by atoms with E-state index in [0.717, 1.165) is 37.6 Å². The molecule has 2 heterocycles. The van der Waals surface area contributed by atoms with Crippen LogP contribution in [0.5, 0.6) is 0 Å². The minimum Gasteiger partial charge on any atom is -0.353 e. The molecular weight excluding hydrogens is 427 g/mol. The van der Waals surface area contributed by atoms with E-state index in [-0.39, 0.29) is 24.0 Å². The number of hydrogen-bond acceptors (Lipinski definition) is 3. The average Bonchev–Trinajstić information content (AvgIpc) is 3.16. The summed E-state index contributed by atoms with van der Waals surface area (Å²) in [5.74, 6) is 2.70. The highest BCUT2D eigenvalue weighted by molar-refractivity contribution is 14.0. The first-order chi connectivity index (χ1) is 11.8. The van der Waals surface area contributed by atoms with E-state index in [2.05, 4.69) is 56.0 Å². The summed E-state index contributed by atoms with van der Waals surface area (Å²) in [6.45, 7) is 0.855. The molecule has 2 N–H and O–H groups in total. The van der Waals surface area contributed by atoms with Crippen molar-refractivity contribution in [3.63, 3.8) is 0 Å². The van der Waals surface area contributed by atoms with Crippen molar-refractivity contribution in [3.8, 4) is 0 Å². The van der Waals surface area contributed by atoms with E-state index in [9.17, 15) is 0 Å². The van der Waals surface area contributed by atoms with E-state index in [1.54, 1.807) is 6.33 Å². The Bertz CT molecular complexity index is 713. The molecule has 1 saturated carbocycles. The standard InChI is InChI=1S/C18H24N6.HI/c1-19-18(22-15-7-8-17-20-12-21-24(17)11-15)23-16-10-14(16)9-13-5-3-2-4-6-13;/h2-6,12,14-16H,7-11H2,1H3,(H2,19,22,23);1H. The van der Waals surface area contributed by atoms with Crippen molar-refractivity contribution >= 4 is 29.9 Å². The predicted molar refractivity (Wildman–Crippen MR) is 109 cm³/mol. The van der Waals surface area contributed by atoms with Gasteiger partial charge in [0.2, 0.25) is 0 Å². The number of nitrogens with zero attached hydrogens (tertiary/aromatic N) is 4. The molecule has 1 aliphatic carbocycles. The van der Waals surface area contributed by atoms with Crippen LogP contribution in [0.25, 0.3) is 0 Å². The molecule has 134 valence electrons. The lowest BCUT2D eigenvalue weighted by atomic mass is 10.1. The fourth-order valence-electron chi connectivity index (χ4n) is 3.46. The molecule has 1 aromatic carbocycles. The highest BCUT2D eigenvalue weighted by atomic mass is 127. The van der Waals surface area contributed by atoms with E-state index in [0.29, 0.717) is 18.0 Å². The number of nitrogens with one attached hydrogen (secondary N) is 2. The van der Waals surface area contributed by atoms with Gasteiger partial charge in [-0.15, -0.1) is 24.0 Å². The number of benzene rings is 1. The maximum Gasteiger partial charge on any atom is 0.191 e. The summed E-state index contributed by atoms with van der Waals surface area (Å²) >= 11 is 0. The fraction of sp³-hybridized carbons (Fsp3) is 0.500. The number of guanidine groups is 1. The van der Waals surface area contributed by atoms with Crippen molar-refractivity contribution in [3.05, 3.63) is 48.0 Å². The summed E-state index contributed by atoms with van der Waals surface area (Å²) in [6.07, 6.45) is 6.03. The van der Waals surface area contributed by atoms with Crippen LogP contribution in [0.15, 0.2) is 41.7 Å². The van der Waals surface area contributed by atoms with Gasteiger partial charge in [0.25, 0.3) is 0 Å². The molecule has 1 aromatic heterocycles. The van der Waals surface area contributed by atoms with Gasteiger partial charge >= 0.3 is 0 Å². The monoisotopic (exact) mass is 452 g/mol. The Morgan fingerprint density at radius 3 is 2.92 bits per heavy atom. The van der Waals surface area contributed by atoms with Crippen molar-refractivity contribution in [2.75, 3.05) is 7.05 Å². The van der Waals surface area contributed by atoms with Crippen LogP contribution in [0.4, 0.5) is 0 Å². The zero-order chi connectivity index (χ0) is 16.4. The Morgan fingerprint density at radius 1 is 1.28 bits per heavy atom. The fourth-order valence-corrected chi connectivity index (χ4v) is 3.46. The van der Waals surface area contributed by atoms with Gasteiger partial charge in [0.1, 0.15) is 12.2 Å². The Labute approximate surface area is 165 Å².